The first-order chi connectivity index (χ1) is 7.69. The molecule has 0 amide bonds. The molecule has 0 aromatic heterocycles. The van der Waals surface area contributed by atoms with Gasteiger partial charge in [-0.2, -0.15) is 11.8 Å². The molecule has 3 unspecified atom stereocenters. The van der Waals surface area contributed by atoms with Crippen molar-refractivity contribution in [3.05, 3.63) is 0 Å². The summed E-state index contributed by atoms with van der Waals surface area (Å²) in [4.78, 5) is 2.71. The normalized spacial score (nSPS) is 33.9. The minimum absolute atomic E-state index is 0.756. The first-order valence-corrected chi connectivity index (χ1v) is 7.76. The van der Waals surface area contributed by atoms with Crippen LogP contribution in [0.1, 0.15) is 40.0 Å². The minimum Gasteiger partial charge on any atom is -0.312 e. The molecule has 3 atom stereocenters. The van der Waals surface area contributed by atoms with Gasteiger partial charge in [-0.05, 0) is 19.3 Å². The van der Waals surface area contributed by atoms with E-state index in [2.05, 4.69) is 42.7 Å². The highest BCUT2D eigenvalue weighted by molar-refractivity contribution is 8.00. The van der Waals surface area contributed by atoms with Crippen LogP contribution in [0.15, 0.2) is 0 Å². The van der Waals surface area contributed by atoms with Crippen molar-refractivity contribution in [1.82, 2.24) is 10.2 Å². The van der Waals surface area contributed by atoms with Crippen molar-refractivity contribution >= 4 is 11.8 Å². The Morgan fingerprint density at radius 1 is 1.25 bits per heavy atom. The molecule has 0 radical (unpaired) electrons. The van der Waals surface area contributed by atoms with E-state index in [0.29, 0.717) is 0 Å². The number of rotatable bonds is 5. The van der Waals surface area contributed by atoms with Gasteiger partial charge in [0.1, 0.15) is 0 Å². The van der Waals surface area contributed by atoms with Crippen molar-refractivity contribution in [1.29, 1.82) is 0 Å². The Morgan fingerprint density at radius 3 is 2.38 bits per heavy atom. The topological polar surface area (TPSA) is 15.3 Å². The minimum atomic E-state index is 0.756. The highest BCUT2D eigenvalue weighted by Gasteiger charge is 2.28. The zero-order chi connectivity index (χ0) is 11.5. The Kier molecular flexibility index (Phi) is 4.57. The van der Waals surface area contributed by atoms with Crippen LogP contribution in [0.3, 0.4) is 0 Å². The van der Waals surface area contributed by atoms with Gasteiger partial charge in [-0.3, -0.25) is 4.90 Å². The van der Waals surface area contributed by atoms with Crippen LogP contribution in [0.2, 0.25) is 0 Å². The number of hydrogen-bond donors (Lipinski definition) is 1. The van der Waals surface area contributed by atoms with E-state index in [-0.39, 0.29) is 0 Å². The van der Waals surface area contributed by atoms with Crippen molar-refractivity contribution in [2.45, 2.75) is 62.6 Å². The third-order valence-electron chi connectivity index (χ3n) is 3.66. The van der Waals surface area contributed by atoms with E-state index in [0.717, 1.165) is 22.6 Å². The molecule has 16 heavy (non-hydrogen) atoms. The van der Waals surface area contributed by atoms with Crippen molar-refractivity contribution in [3.63, 3.8) is 0 Å². The van der Waals surface area contributed by atoms with Gasteiger partial charge in [0.05, 0.1) is 0 Å². The van der Waals surface area contributed by atoms with Gasteiger partial charge >= 0.3 is 0 Å². The summed E-state index contributed by atoms with van der Waals surface area (Å²) >= 11 is 2.15. The maximum absolute atomic E-state index is 3.69. The molecule has 2 fully saturated rings. The molecule has 1 aliphatic carbocycles. The molecule has 94 valence electrons. The largest absolute Gasteiger partial charge is 0.312 e. The van der Waals surface area contributed by atoms with Gasteiger partial charge in [-0.25, -0.2) is 0 Å². The van der Waals surface area contributed by atoms with Gasteiger partial charge in [-0.1, -0.05) is 20.8 Å². The van der Waals surface area contributed by atoms with Gasteiger partial charge in [0.2, 0.25) is 0 Å². The predicted octanol–water partition coefficient (Wildman–Crippen LogP) is 2.34. The van der Waals surface area contributed by atoms with Crippen molar-refractivity contribution < 1.29 is 0 Å². The standard InChI is InChI=1S/C13H26N2S/c1-4-13(7-14-12-5-6-12)15-8-10(2)16-11(3)9-15/h10-14H,4-9H2,1-3H3. The van der Waals surface area contributed by atoms with Crippen molar-refractivity contribution in [2.24, 2.45) is 0 Å². The van der Waals surface area contributed by atoms with E-state index in [9.17, 15) is 0 Å². The highest BCUT2D eigenvalue weighted by atomic mass is 32.2. The Hall–Kier alpha value is 0.270. The molecule has 0 aromatic carbocycles. The molecular formula is C13H26N2S. The van der Waals surface area contributed by atoms with E-state index >= 15 is 0 Å². The zero-order valence-corrected chi connectivity index (χ0v) is 11.7. The lowest BCUT2D eigenvalue weighted by Crippen LogP contribution is -2.50. The van der Waals surface area contributed by atoms with Gasteiger partial charge in [0.25, 0.3) is 0 Å². The summed E-state index contributed by atoms with van der Waals surface area (Å²) in [6.07, 6.45) is 4.09. The Balaban J connectivity index is 1.80. The highest BCUT2D eigenvalue weighted by Crippen LogP contribution is 2.27. The van der Waals surface area contributed by atoms with E-state index < -0.39 is 0 Å². The monoisotopic (exact) mass is 242 g/mol. The number of nitrogens with one attached hydrogen (secondary N) is 1. The zero-order valence-electron chi connectivity index (χ0n) is 10.9. The molecule has 1 saturated carbocycles. The molecule has 1 saturated heterocycles. The smallest absolute Gasteiger partial charge is 0.0219 e. The molecule has 1 aliphatic heterocycles. The Bertz CT molecular complexity index is 208. The van der Waals surface area contributed by atoms with Gasteiger partial charge < -0.3 is 5.32 Å². The van der Waals surface area contributed by atoms with Crippen LogP contribution in [-0.2, 0) is 0 Å². The number of thioether (sulfide) groups is 1. The average Bonchev–Trinajstić information content (AvgIpc) is 3.01. The lowest BCUT2D eigenvalue weighted by molar-refractivity contribution is 0.184. The molecule has 0 aromatic rings. The van der Waals surface area contributed by atoms with Crippen LogP contribution < -0.4 is 5.32 Å². The van der Waals surface area contributed by atoms with Crippen LogP contribution in [0, 0.1) is 0 Å². The molecular weight excluding hydrogens is 216 g/mol. The summed E-state index contributed by atoms with van der Waals surface area (Å²) < 4.78 is 0. The van der Waals surface area contributed by atoms with Gasteiger partial charge in [-0.15, -0.1) is 0 Å². The fourth-order valence-corrected chi connectivity index (χ4v) is 3.99. The average molecular weight is 242 g/mol. The van der Waals surface area contributed by atoms with E-state index in [1.807, 2.05) is 0 Å². The quantitative estimate of drug-likeness (QED) is 0.797. The van der Waals surface area contributed by atoms with Crippen LogP contribution in [0.25, 0.3) is 0 Å². The second-order valence-electron chi connectivity index (χ2n) is 5.46. The lowest BCUT2D eigenvalue weighted by Gasteiger charge is -2.39. The summed E-state index contributed by atoms with van der Waals surface area (Å²) in [5.74, 6) is 0. The molecule has 0 spiro atoms. The maximum atomic E-state index is 3.69. The number of nitrogens with zero attached hydrogens (tertiary/aromatic N) is 1. The van der Waals surface area contributed by atoms with Crippen LogP contribution >= 0.6 is 11.8 Å². The van der Waals surface area contributed by atoms with Crippen LogP contribution in [-0.4, -0.2) is 47.1 Å². The van der Waals surface area contributed by atoms with E-state index in [4.69, 9.17) is 0 Å². The fourth-order valence-electron chi connectivity index (χ4n) is 2.64. The first-order valence-electron chi connectivity index (χ1n) is 6.82. The van der Waals surface area contributed by atoms with Crippen LogP contribution in [0.5, 0.6) is 0 Å². The van der Waals surface area contributed by atoms with Crippen molar-refractivity contribution in [3.8, 4) is 0 Å². The predicted molar refractivity (Wildman–Crippen MR) is 73.2 cm³/mol. The first kappa shape index (κ1) is 12.7. The third kappa shape index (κ3) is 3.64. The lowest BCUT2D eigenvalue weighted by atomic mass is 10.1. The van der Waals surface area contributed by atoms with E-state index in [1.54, 1.807) is 0 Å². The third-order valence-corrected chi connectivity index (χ3v) is 4.88. The van der Waals surface area contributed by atoms with Crippen molar-refractivity contribution in [2.75, 3.05) is 19.6 Å². The molecule has 0 bridgehead atoms. The fraction of sp³-hybridized carbons (Fsp3) is 1.00. The molecule has 1 N–H and O–H groups in total. The Morgan fingerprint density at radius 2 is 1.88 bits per heavy atom. The maximum Gasteiger partial charge on any atom is 0.0219 e. The van der Waals surface area contributed by atoms with Crippen LogP contribution in [0.4, 0.5) is 0 Å². The van der Waals surface area contributed by atoms with Gasteiger partial charge in [0.15, 0.2) is 0 Å². The summed E-state index contributed by atoms with van der Waals surface area (Å²) in [6.45, 7) is 10.8. The second-order valence-corrected chi connectivity index (χ2v) is 7.34. The summed E-state index contributed by atoms with van der Waals surface area (Å²) in [7, 11) is 0. The van der Waals surface area contributed by atoms with Gasteiger partial charge in [0, 0.05) is 42.2 Å². The SMILES string of the molecule is CCC(CNC1CC1)N1CC(C)SC(C)C1. The summed E-state index contributed by atoms with van der Waals surface area (Å²) in [5, 5.41) is 5.29. The molecule has 2 rings (SSSR count). The van der Waals surface area contributed by atoms with E-state index in [1.165, 1.54) is 38.9 Å². The second kappa shape index (κ2) is 5.74. The number of hydrogen-bond acceptors (Lipinski definition) is 3. The summed E-state index contributed by atoms with van der Waals surface area (Å²) in [5.41, 5.74) is 0. The molecule has 1 heterocycles. The molecule has 3 heteroatoms. The molecule has 2 nitrogen and oxygen atoms in total. The molecule has 2 aliphatic rings. The summed E-state index contributed by atoms with van der Waals surface area (Å²) in [6, 6.07) is 1.61. The Labute approximate surface area is 105 Å².